The zero-order valence-electron chi connectivity index (χ0n) is 13.6. The van der Waals surface area contributed by atoms with Crippen LogP contribution in [0.1, 0.15) is 11.1 Å². The Labute approximate surface area is 164 Å². The molecule has 0 unspecified atom stereocenters. The number of halogens is 1. The molecule has 2 aromatic carbocycles. The molecule has 1 aliphatic rings. The number of carbonyl (C=O) groups excluding carboxylic acids is 2. The standard InChI is InChI=1S/C20H14BrNO3S/c1-2-10-22-19(23)18(26-20(22)24)12-15-11-16(21)8-9-17(15)25-13-14-6-4-3-5-7-14/h1,3-9,11-12H,10,13H2/b18-12+. The van der Waals surface area contributed by atoms with Gasteiger partial charge >= 0.3 is 0 Å². The van der Waals surface area contributed by atoms with E-state index < -0.39 is 0 Å². The van der Waals surface area contributed by atoms with Crippen molar-refractivity contribution in [2.75, 3.05) is 6.54 Å². The molecule has 0 saturated carbocycles. The van der Waals surface area contributed by atoms with E-state index in [1.54, 1.807) is 6.08 Å². The van der Waals surface area contributed by atoms with Crippen molar-refractivity contribution in [2.45, 2.75) is 6.61 Å². The van der Waals surface area contributed by atoms with Gasteiger partial charge in [0.05, 0.1) is 11.4 Å². The maximum atomic E-state index is 12.4. The Hall–Kier alpha value is -2.49. The van der Waals surface area contributed by atoms with Gasteiger partial charge in [-0.3, -0.25) is 14.5 Å². The van der Waals surface area contributed by atoms with Crippen molar-refractivity contribution in [3.05, 3.63) is 69.0 Å². The second kappa shape index (κ2) is 8.26. The van der Waals surface area contributed by atoms with Crippen LogP contribution < -0.4 is 4.74 Å². The average Bonchev–Trinajstić information content (AvgIpc) is 2.90. The van der Waals surface area contributed by atoms with E-state index in [1.807, 2.05) is 48.5 Å². The lowest BCUT2D eigenvalue weighted by Gasteiger charge is -2.10. The quantitative estimate of drug-likeness (QED) is 0.512. The van der Waals surface area contributed by atoms with Gasteiger partial charge in [-0.2, -0.15) is 0 Å². The third kappa shape index (κ3) is 4.18. The Morgan fingerprint density at radius 1 is 1.19 bits per heavy atom. The van der Waals surface area contributed by atoms with E-state index in [1.165, 1.54) is 0 Å². The van der Waals surface area contributed by atoms with Crippen molar-refractivity contribution in [1.29, 1.82) is 0 Å². The van der Waals surface area contributed by atoms with Crippen molar-refractivity contribution in [2.24, 2.45) is 0 Å². The molecule has 0 N–H and O–H groups in total. The topological polar surface area (TPSA) is 46.6 Å². The minimum absolute atomic E-state index is 0.0299. The molecule has 4 nitrogen and oxygen atoms in total. The summed E-state index contributed by atoms with van der Waals surface area (Å²) in [6, 6.07) is 15.3. The molecule has 0 radical (unpaired) electrons. The zero-order valence-corrected chi connectivity index (χ0v) is 16.0. The molecule has 3 rings (SSSR count). The Kier molecular flexibility index (Phi) is 5.82. The number of ether oxygens (including phenoxy) is 1. The first-order chi connectivity index (χ1) is 12.6. The highest BCUT2D eigenvalue weighted by atomic mass is 79.9. The maximum absolute atomic E-state index is 12.4. The van der Waals surface area contributed by atoms with Crippen LogP contribution in [0.2, 0.25) is 0 Å². The first-order valence-electron chi connectivity index (χ1n) is 7.73. The highest BCUT2D eigenvalue weighted by Gasteiger charge is 2.34. The SMILES string of the molecule is C#CCN1C(=O)S/C(=C/c2cc(Br)ccc2OCc2ccccc2)C1=O. The van der Waals surface area contributed by atoms with Crippen molar-refractivity contribution >= 4 is 44.9 Å². The van der Waals surface area contributed by atoms with Gasteiger partial charge in [-0.15, -0.1) is 6.42 Å². The van der Waals surface area contributed by atoms with Crippen LogP contribution in [0.5, 0.6) is 5.75 Å². The fraction of sp³-hybridized carbons (Fsp3) is 0.100. The van der Waals surface area contributed by atoms with Gasteiger partial charge in [0.2, 0.25) is 0 Å². The molecule has 1 heterocycles. The number of imide groups is 1. The molecule has 0 aliphatic carbocycles. The summed E-state index contributed by atoms with van der Waals surface area (Å²) in [5.41, 5.74) is 1.75. The van der Waals surface area contributed by atoms with Gasteiger partial charge in [0.1, 0.15) is 12.4 Å². The van der Waals surface area contributed by atoms with E-state index in [-0.39, 0.29) is 17.7 Å². The van der Waals surface area contributed by atoms with E-state index >= 15 is 0 Å². The lowest BCUT2D eigenvalue weighted by atomic mass is 10.1. The van der Waals surface area contributed by atoms with Crippen LogP contribution in [-0.2, 0) is 11.4 Å². The summed E-state index contributed by atoms with van der Waals surface area (Å²) in [5, 5.41) is -0.360. The molecule has 0 bridgehead atoms. The van der Waals surface area contributed by atoms with Crippen LogP contribution in [0.4, 0.5) is 4.79 Å². The number of carbonyl (C=O) groups is 2. The zero-order chi connectivity index (χ0) is 18.5. The number of hydrogen-bond donors (Lipinski definition) is 0. The van der Waals surface area contributed by atoms with Crippen molar-refractivity contribution in [3.8, 4) is 18.1 Å². The molecule has 0 aromatic heterocycles. The summed E-state index contributed by atoms with van der Waals surface area (Å²) >= 11 is 4.30. The van der Waals surface area contributed by atoms with Gasteiger partial charge in [0.25, 0.3) is 11.1 Å². The Morgan fingerprint density at radius 3 is 2.69 bits per heavy atom. The first kappa shape index (κ1) is 18.3. The monoisotopic (exact) mass is 427 g/mol. The second-order valence-electron chi connectivity index (χ2n) is 5.43. The third-order valence-electron chi connectivity index (χ3n) is 3.62. The van der Waals surface area contributed by atoms with Crippen molar-refractivity contribution < 1.29 is 14.3 Å². The van der Waals surface area contributed by atoms with Crippen LogP contribution in [-0.4, -0.2) is 22.6 Å². The molecule has 2 amide bonds. The van der Waals surface area contributed by atoms with E-state index in [0.29, 0.717) is 22.8 Å². The number of nitrogens with zero attached hydrogens (tertiary/aromatic N) is 1. The lowest BCUT2D eigenvalue weighted by molar-refractivity contribution is -0.122. The van der Waals surface area contributed by atoms with Crippen molar-refractivity contribution in [1.82, 2.24) is 4.90 Å². The molecule has 0 atom stereocenters. The summed E-state index contributed by atoms with van der Waals surface area (Å²) in [4.78, 5) is 25.7. The molecule has 0 spiro atoms. The Balaban J connectivity index is 1.85. The van der Waals surface area contributed by atoms with Gasteiger partial charge < -0.3 is 4.74 Å². The summed E-state index contributed by atoms with van der Waals surface area (Å²) in [5.74, 6) is 2.57. The molecule has 6 heteroatoms. The summed E-state index contributed by atoms with van der Waals surface area (Å²) < 4.78 is 6.75. The third-order valence-corrected chi connectivity index (χ3v) is 5.02. The van der Waals surface area contributed by atoms with E-state index in [0.717, 1.165) is 26.7 Å². The number of rotatable bonds is 5. The molecule has 1 saturated heterocycles. The highest BCUT2D eigenvalue weighted by Crippen LogP contribution is 2.34. The van der Waals surface area contributed by atoms with Gasteiger partial charge in [0, 0.05) is 10.0 Å². The highest BCUT2D eigenvalue weighted by molar-refractivity contribution is 9.10. The molecular weight excluding hydrogens is 414 g/mol. The van der Waals surface area contributed by atoms with Gasteiger partial charge in [-0.1, -0.05) is 52.2 Å². The largest absolute Gasteiger partial charge is 0.488 e. The predicted octanol–water partition coefficient (Wildman–Crippen LogP) is 4.70. The number of thioether (sulfide) groups is 1. The van der Waals surface area contributed by atoms with Gasteiger partial charge in [-0.05, 0) is 41.6 Å². The number of amides is 2. The minimum Gasteiger partial charge on any atom is -0.488 e. The van der Waals surface area contributed by atoms with Crippen LogP contribution in [0.15, 0.2) is 57.9 Å². The van der Waals surface area contributed by atoms with E-state index in [2.05, 4.69) is 21.9 Å². The van der Waals surface area contributed by atoms with Crippen LogP contribution in [0.3, 0.4) is 0 Å². The van der Waals surface area contributed by atoms with Gasteiger partial charge in [0.15, 0.2) is 0 Å². The fourth-order valence-corrected chi connectivity index (χ4v) is 3.58. The molecular formula is C20H14BrNO3S. The molecule has 2 aromatic rings. The smallest absolute Gasteiger partial charge is 0.294 e. The van der Waals surface area contributed by atoms with E-state index in [9.17, 15) is 9.59 Å². The normalized spacial score (nSPS) is 15.4. The maximum Gasteiger partial charge on any atom is 0.294 e. The summed E-state index contributed by atoms with van der Waals surface area (Å²) in [6.45, 7) is 0.375. The predicted molar refractivity (Wildman–Crippen MR) is 106 cm³/mol. The Morgan fingerprint density at radius 2 is 1.96 bits per heavy atom. The molecule has 1 fully saturated rings. The number of terminal acetylenes is 1. The molecule has 1 aliphatic heterocycles. The lowest BCUT2D eigenvalue weighted by Crippen LogP contribution is -2.28. The number of hydrogen-bond acceptors (Lipinski definition) is 4. The number of benzene rings is 2. The second-order valence-corrected chi connectivity index (χ2v) is 7.34. The first-order valence-corrected chi connectivity index (χ1v) is 9.34. The fourth-order valence-electron chi connectivity index (χ4n) is 2.37. The minimum atomic E-state index is -0.382. The van der Waals surface area contributed by atoms with Crippen LogP contribution in [0.25, 0.3) is 6.08 Å². The van der Waals surface area contributed by atoms with Gasteiger partial charge in [-0.25, -0.2) is 0 Å². The molecule has 130 valence electrons. The summed E-state index contributed by atoms with van der Waals surface area (Å²) in [7, 11) is 0. The van der Waals surface area contributed by atoms with Crippen LogP contribution in [0, 0.1) is 12.3 Å². The molecule has 26 heavy (non-hydrogen) atoms. The Bertz CT molecular complexity index is 918. The average molecular weight is 428 g/mol. The van der Waals surface area contributed by atoms with Crippen LogP contribution >= 0.6 is 27.7 Å². The summed E-state index contributed by atoms with van der Waals surface area (Å²) in [6.07, 6.45) is 6.88. The van der Waals surface area contributed by atoms with E-state index in [4.69, 9.17) is 11.2 Å². The van der Waals surface area contributed by atoms with Crippen molar-refractivity contribution in [3.63, 3.8) is 0 Å².